The molecule has 0 radical (unpaired) electrons. The molecule has 5 heteroatoms. The first-order valence-corrected chi connectivity index (χ1v) is 9.43. The van der Waals surface area contributed by atoms with Crippen LogP contribution in [-0.2, 0) is 27.5 Å². The van der Waals surface area contributed by atoms with Crippen LogP contribution in [0.15, 0.2) is 48.5 Å². The zero-order valence-corrected chi connectivity index (χ0v) is 16.3. The average molecular weight is 378 g/mol. The summed E-state index contributed by atoms with van der Waals surface area (Å²) < 4.78 is 11.0. The van der Waals surface area contributed by atoms with Crippen molar-refractivity contribution in [3.05, 3.63) is 70.8 Å². The smallest absolute Gasteiger partial charge is 0.236 e. The summed E-state index contributed by atoms with van der Waals surface area (Å²) in [4.78, 5) is 11.6. The first-order chi connectivity index (χ1) is 13.7. The molecule has 2 unspecified atom stereocenters. The largest absolute Gasteiger partial charge is 0.380 e. The van der Waals surface area contributed by atoms with Gasteiger partial charge in [0.15, 0.2) is 0 Å². The van der Waals surface area contributed by atoms with Crippen LogP contribution in [0.5, 0.6) is 0 Å². The Hall–Kier alpha value is -2.65. The van der Waals surface area contributed by atoms with Crippen LogP contribution in [0.1, 0.15) is 28.7 Å². The van der Waals surface area contributed by atoms with E-state index in [4.69, 9.17) is 9.47 Å². The van der Waals surface area contributed by atoms with E-state index in [1.54, 1.807) is 14.2 Å². The molecule has 0 aliphatic carbocycles. The minimum atomic E-state index is -0.156. The van der Waals surface area contributed by atoms with Gasteiger partial charge in [0.1, 0.15) is 0 Å². The van der Waals surface area contributed by atoms with E-state index in [1.165, 1.54) is 0 Å². The number of rotatable bonds is 6. The van der Waals surface area contributed by atoms with E-state index in [-0.39, 0.29) is 18.1 Å². The van der Waals surface area contributed by atoms with Crippen molar-refractivity contribution in [1.29, 1.82) is 0 Å². The quantitative estimate of drug-likeness (QED) is 0.757. The van der Waals surface area contributed by atoms with E-state index in [0.29, 0.717) is 26.2 Å². The van der Waals surface area contributed by atoms with Crippen LogP contribution in [-0.4, -0.2) is 38.8 Å². The van der Waals surface area contributed by atoms with Crippen LogP contribution in [0.2, 0.25) is 0 Å². The van der Waals surface area contributed by atoms with Gasteiger partial charge in [0.25, 0.3) is 0 Å². The maximum Gasteiger partial charge on any atom is 0.236 e. The fourth-order valence-electron chi connectivity index (χ4n) is 3.10. The van der Waals surface area contributed by atoms with Crippen molar-refractivity contribution in [1.82, 2.24) is 10.6 Å². The number of amides is 1. The molecule has 2 N–H and O–H groups in total. The summed E-state index contributed by atoms with van der Waals surface area (Å²) in [5, 5.41) is 5.85. The van der Waals surface area contributed by atoms with Gasteiger partial charge >= 0.3 is 0 Å². The molecule has 1 aliphatic heterocycles. The van der Waals surface area contributed by atoms with Crippen molar-refractivity contribution < 1.29 is 14.3 Å². The van der Waals surface area contributed by atoms with E-state index in [0.717, 1.165) is 22.3 Å². The molecule has 0 aromatic heterocycles. The number of ether oxygens (including phenoxy) is 2. The highest BCUT2D eigenvalue weighted by atomic mass is 16.5. The molecule has 1 aliphatic rings. The predicted molar refractivity (Wildman–Crippen MR) is 109 cm³/mol. The Morgan fingerprint density at radius 2 is 1.61 bits per heavy atom. The van der Waals surface area contributed by atoms with E-state index in [2.05, 4.69) is 22.5 Å². The Labute approximate surface area is 166 Å². The maximum absolute atomic E-state index is 11.6. The Balaban J connectivity index is 1.50. The molecule has 146 valence electrons. The van der Waals surface area contributed by atoms with Crippen molar-refractivity contribution in [3.63, 3.8) is 0 Å². The van der Waals surface area contributed by atoms with Gasteiger partial charge in [-0.2, -0.15) is 0 Å². The SMILES string of the molecule is CNC(=O)C1CC(OCc2ccc(C#Cc3ccc(COC)cc3)cc2)CN1. The fraction of sp³-hybridized carbons (Fsp3) is 0.348. The number of carbonyl (C=O) groups excluding carboxylic acids is 1. The fourth-order valence-corrected chi connectivity index (χ4v) is 3.10. The van der Waals surface area contributed by atoms with Crippen LogP contribution in [0.25, 0.3) is 0 Å². The van der Waals surface area contributed by atoms with Crippen molar-refractivity contribution in [2.24, 2.45) is 0 Å². The van der Waals surface area contributed by atoms with Gasteiger partial charge < -0.3 is 20.1 Å². The molecule has 5 nitrogen and oxygen atoms in total. The van der Waals surface area contributed by atoms with Crippen molar-refractivity contribution in [2.75, 3.05) is 20.7 Å². The molecule has 1 fully saturated rings. The summed E-state index contributed by atoms with van der Waals surface area (Å²) in [6, 6.07) is 16.0. The van der Waals surface area contributed by atoms with Gasteiger partial charge in [0.2, 0.25) is 5.91 Å². The summed E-state index contributed by atoms with van der Waals surface area (Å²) in [6.07, 6.45) is 0.759. The topological polar surface area (TPSA) is 59.6 Å². The molecule has 1 amide bonds. The van der Waals surface area contributed by atoms with Crippen LogP contribution < -0.4 is 10.6 Å². The predicted octanol–water partition coefficient (Wildman–Crippen LogP) is 2.23. The Kier molecular flexibility index (Phi) is 7.21. The molecule has 2 aromatic carbocycles. The van der Waals surface area contributed by atoms with E-state index < -0.39 is 0 Å². The summed E-state index contributed by atoms with van der Waals surface area (Å²) in [6.45, 7) is 1.84. The first-order valence-electron chi connectivity index (χ1n) is 9.43. The van der Waals surface area contributed by atoms with Crippen LogP contribution in [0.3, 0.4) is 0 Å². The number of nitrogens with one attached hydrogen (secondary N) is 2. The van der Waals surface area contributed by atoms with Crippen LogP contribution in [0.4, 0.5) is 0 Å². The monoisotopic (exact) mass is 378 g/mol. The highest BCUT2D eigenvalue weighted by Crippen LogP contribution is 2.14. The normalized spacial score (nSPS) is 18.4. The molecule has 1 saturated heterocycles. The number of likely N-dealkylation sites (N-methyl/N-ethyl adjacent to an activating group) is 1. The number of hydrogen-bond donors (Lipinski definition) is 2. The lowest BCUT2D eigenvalue weighted by atomic mass is 10.1. The molecular weight excluding hydrogens is 352 g/mol. The lowest BCUT2D eigenvalue weighted by molar-refractivity contribution is -0.122. The zero-order valence-electron chi connectivity index (χ0n) is 16.3. The Morgan fingerprint density at radius 3 is 2.14 bits per heavy atom. The van der Waals surface area contributed by atoms with Gasteiger partial charge in [-0.1, -0.05) is 36.1 Å². The molecular formula is C23H26N2O3. The minimum Gasteiger partial charge on any atom is -0.380 e. The third-order valence-electron chi connectivity index (χ3n) is 4.71. The van der Waals surface area contributed by atoms with Gasteiger partial charge in [-0.3, -0.25) is 4.79 Å². The third kappa shape index (κ3) is 5.67. The molecule has 28 heavy (non-hydrogen) atoms. The first kappa shape index (κ1) is 20.1. The third-order valence-corrected chi connectivity index (χ3v) is 4.71. The van der Waals surface area contributed by atoms with Crippen molar-refractivity contribution in [3.8, 4) is 11.8 Å². The maximum atomic E-state index is 11.6. The van der Waals surface area contributed by atoms with E-state index >= 15 is 0 Å². The van der Waals surface area contributed by atoms with Gasteiger partial charge in [0, 0.05) is 31.8 Å². The average Bonchev–Trinajstić information content (AvgIpc) is 3.21. The van der Waals surface area contributed by atoms with Gasteiger partial charge in [-0.05, 0) is 41.8 Å². The van der Waals surface area contributed by atoms with Gasteiger partial charge in [-0.25, -0.2) is 0 Å². The standard InChI is InChI=1S/C23H26N2O3/c1-24-23(26)22-13-21(14-25-22)28-16-20-11-7-18(8-12-20)4-3-17-5-9-19(10-6-17)15-27-2/h5-12,21-22,25H,13-16H2,1-2H3,(H,24,26). The second kappa shape index (κ2) is 10.0. The lowest BCUT2D eigenvalue weighted by Crippen LogP contribution is -2.38. The number of methoxy groups -OCH3 is 1. The summed E-state index contributed by atoms with van der Waals surface area (Å²) >= 11 is 0. The van der Waals surface area contributed by atoms with E-state index in [1.807, 2.05) is 48.5 Å². The summed E-state index contributed by atoms with van der Waals surface area (Å²) in [5.74, 6) is 6.38. The molecule has 2 atom stereocenters. The number of hydrogen-bond acceptors (Lipinski definition) is 4. The highest BCUT2D eigenvalue weighted by Gasteiger charge is 2.29. The Bertz CT molecular complexity index is 835. The summed E-state index contributed by atoms with van der Waals surface area (Å²) in [5.41, 5.74) is 4.17. The molecule has 3 rings (SSSR count). The van der Waals surface area contributed by atoms with Crippen LogP contribution in [0, 0.1) is 11.8 Å². The second-order valence-corrected chi connectivity index (χ2v) is 6.82. The van der Waals surface area contributed by atoms with Gasteiger partial charge in [0.05, 0.1) is 25.4 Å². The zero-order chi connectivity index (χ0) is 19.8. The molecule has 0 saturated carbocycles. The minimum absolute atomic E-state index is 0.0161. The van der Waals surface area contributed by atoms with Crippen LogP contribution >= 0.6 is 0 Å². The highest BCUT2D eigenvalue weighted by molar-refractivity contribution is 5.81. The van der Waals surface area contributed by atoms with Crippen molar-refractivity contribution in [2.45, 2.75) is 31.8 Å². The molecule has 1 heterocycles. The second-order valence-electron chi connectivity index (χ2n) is 6.82. The van der Waals surface area contributed by atoms with E-state index in [9.17, 15) is 4.79 Å². The summed E-state index contributed by atoms with van der Waals surface area (Å²) in [7, 11) is 3.34. The number of carbonyl (C=O) groups is 1. The Morgan fingerprint density at radius 1 is 1.04 bits per heavy atom. The molecule has 0 spiro atoms. The van der Waals surface area contributed by atoms with Gasteiger partial charge in [-0.15, -0.1) is 0 Å². The number of benzene rings is 2. The lowest BCUT2D eigenvalue weighted by Gasteiger charge is -2.11. The molecule has 0 bridgehead atoms. The van der Waals surface area contributed by atoms with Crippen molar-refractivity contribution >= 4 is 5.91 Å². The molecule has 2 aromatic rings.